The van der Waals surface area contributed by atoms with Crippen molar-refractivity contribution in [2.24, 2.45) is 5.10 Å². The van der Waals surface area contributed by atoms with E-state index in [2.05, 4.69) is 4.90 Å². The van der Waals surface area contributed by atoms with E-state index in [1.807, 2.05) is 55.5 Å². The Kier molecular flexibility index (Phi) is 6.63. The quantitative estimate of drug-likeness (QED) is 0.402. The Balaban J connectivity index is 1.72. The van der Waals surface area contributed by atoms with E-state index in [4.69, 9.17) is 39.9 Å². The molecule has 0 saturated carbocycles. The zero-order valence-electron chi connectivity index (χ0n) is 16.8. The molecule has 1 atom stereocenters. The van der Waals surface area contributed by atoms with Crippen molar-refractivity contribution < 1.29 is 4.79 Å². The van der Waals surface area contributed by atoms with E-state index in [9.17, 15) is 4.79 Å². The van der Waals surface area contributed by atoms with Gasteiger partial charge in [-0.25, -0.2) is 5.01 Å². The number of nitrogens with zero attached hydrogens (tertiary/aromatic N) is 3. The maximum absolute atomic E-state index is 13.0. The molecule has 0 unspecified atom stereocenters. The van der Waals surface area contributed by atoms with Crippen molar-refractivity contribution in [3.63, 3.8) is 0 Å². The number of hydrogen-bond acceptors (Lipinski definition) is 3. The molecule has 4 rings (SSSR count). The molecule has 0 bridgehead atoms. The van der Waals surface area contributed by atoms with E-state index < -0.39 is 6.17 Å². The minimum Gasteiger partial charge on any atom is -0.271 e. The maximum atomic E-state index is 13.0. The van der Waals surface area contributed by atoms with Crippen LogP contribution in [0.25, 0.3) is 0 Å². The normalized spacial score (nSPS) is 17.4. The molecule has 1 amide bonds. The first-order valence-corrected chi connectivity index (χ1v) is 10.9. The third-order valence-corrected chi connectivity index (χ3v) is 6.15. The zero-order chi connectivity index (χ0) is 22.0. The number of hydrogen-bond donors (Lipinski definition) is 0. The number of hydrazone groups is 1. The molecule has 7 heteroatoms. The van der Waals surface area contributed by atoms with Crippen molar-refractivity contribution in [2.75, 3.05) is 6.54 Å². The number of amides is 1. The molecule has 1 saturated heterocycles. The van der Waals surface area contributed by atoms with Crippen LogP contribution < -0.4 is 0 Å². The summed E-state index contributed by atoms with van der Waals surface area (Å²) in [6.45, 7) is 2.73. The first-order valence-electron chi connectivity index (χ1n) is 9.78. The molecular weight excluding hydrogens is 453 g/mol. The largest absolute Gasteiger partial charge is 0.271 e. The van der Waals surface area contributed by atoms with Crippen LogP contribution in [0.3, 0.4) is 0 Å². The number of benzene rings is 3. The molecule has 0 aliphatic carbocycles. The van der Waals surface area contributed by atoms with Crippen LogP contribution in [0.4, 0.5) is 0 Å². The van der Waals surface area contributed by atoms with E-state index in [1.165, 1.54) is 5.01 Å². The summed E-state index contributed by atoms with van der Waals surface area (Å²) in [4.78, 5) is 15.1. The molecule has 1 heterocycles. The predicted molar refractivity (Wildman–Crippen MR) is 127 cm³/mol. The fraction of sp³-hybridized carbons (Fsp3) is 0.167. The van der Waals surface area contributed by atoms with Gasteiger partial charge in [-0.3, -0.25) is 9.69 Å². The molecule has 31 heavy (non-hydrogen) atoms. The Bertz CT molecular complexity index is 1120. The van der Waals surface area contributed by atoms with Gasteiger partial charge in [0.25, 0.3) is 5.91 Å². The molecule has 3 aromatic rings. The monoisotopic (exact) mass is 471 g/mol. The van der Waals surface area contributed by atoms with Gasteiger partial charge in [-0.1, -0.05) is 83.3 Å². The van der Waals surface area contributed by atoms with E-state index in [1.54, 1.807) is 24.3 Å². The summed E-state index contributed by atoms with van der Waals surface area (Å²) in [6, 6.07) is 22.8. The van der Waals surface area contributed by atoms with Crippen molar-refractivity contribution in [3.05, 3.63) is 105 Å². The van der Waals surface area contributed by atoms with Crippen LogP contribution in [-0.2, 0) is 11.3 Å². The van der Waals surface area contributed by atoms with E-state index in [0.29, 0.717) is 21.6 Å². The first kappa shape index (κ1) is 21.8. The fourth-order valence-electron chi connectivity index (χ4n) is 3.63. The van der Waals surface area contributed by atoms with Crippen molar-refractivity contribution >= 4 is 46.4 Å². The Labute approximate surface area is 196 Å². The highest BCUT2D eigenvalue weighted by Gasteiger charge is 2.39. The second-order valence-electron chi connectivity index (χ2n) is 7.37. The number of halogens is 3. The van der Waals surface area contributed by atoms with Gasteiger partial charge in [0.05, 0.1) is 22.3 Å². The molecule has 0 N–H and O–H groups in total. The molecule has 0 aromatic heterocycles. The lowest BCUT2D eigenvalue weighted by Gasteiger charge is -2.28. The summed E-state index contributed by atoms with van der Waals surface area (Å²) in [5.74, 6) is -0.0830. The first-order chi connectivity index (χ1) is 14.9. The second-order valence-corrected chi connectivity index (χ2v) is 8.62. The lowest BCUT2D eigenvalue weighted by Crippen LogP contribution is -2.29. The Morgan fingerprint density at radius 3 is 2.35 bits per heavy atom. The molecule has 158 valence electrons. The predicted octanol–water partition coefficient (Wildman–Crippen LogP) is 6.41. The highest BCUT2D eigenvalue weighted by Crippen LogP contribution is 2.35. The van der Waals surface area contributed by atoms with Crippen LogP contribution in [0.2, 0.25) is 15.1 Å². The third-order valence-electron chi connectivity index (χ3n) is 5.16. The zero-order valence-corrected chi connectivity index (χ0v) is 19.1. The van der Waals surface area contributed by atoms with Gasteiger partial charge in [-0.05, 0) is 47.9 Å². The van der Waals surface area contributed by atoms with Crippen LogP contribution in [0.15, 0.2) is 77.9 Å². The van der Waals surface area contributed by atoms with Gasteiger partial charge in [0.1, 0.15) is 6.17 Å². The highest BCUT2D eigenvalue weighted by molar-refractivity contribution is 6.42. The highest BCUT2D eigenvalue weighted by atomic mass is 35.5. The Hall–Kier alpha value is -2.37. The third kappa shape index (κ3) is 4.94. The molecule has 3 aromatic carbocycles. The summed E-state index contributed by atoms with van der Waals surface area (Å²) in [7, 11) is 0. The van der Waals surface area contributed by atoms with Crippen molar-refractivity contribution in [3.8, 4) is 0 Å². The number of carbonyl (C=O) groups excluding carboxylic acids is 1. The molecule has 0 spiro atoms. The smallest absolute Gasteiger partial charge is 0.258 e. The molecule has 1 fully saturated rings. The lowest BCUT2D eigenvalue weighted by atomic mass is 10.1. The van der Waals surface area contributed by atoms with Crippen LogP contribution in [0.1, 0.15) is 29.8 Å². The second kappa shape index (κ2) is 9.41. The summed E-state index contributed by atoms with van der Waals surface area (Å²) in [5.41, 5.74) is 3.58. The van der Waals surface area contributed by atoms with Gasteiger partial charge in [-0.2, -0.15) is 5.10 Å². The SMILES string of the molecule is C/C(=N/N1C(=O)CN(Cc2ccccc2)[C@H]1c1ccc(Cl)c(Cl)c1)c1ccc(Cl)cc1. The van der Waals surface area contributed by atoms with Gasteiger partial charge < -0.3 is 0 Å². The average molecular weight is 473 g/mol. The topological polar surface area (TPSA) is 35.9 Å². The van der Waals surface area contributed by atoms with Gasteiger partial charge in [0.15, 0.2) is 0 Å². The van der Waals surface area contributed by atoms with Crippen LogP contribution in [0, 0.1) is 0 Å². The van der Waals surface area contributed by atoms with Gasteiger partial charge in [-0.15, -0.1) is 0 Å². The lowest BCUT2D eigenvalue weighted by molar-refractivity contribution is -0.128. The van der Waals surface area contributed by atoms with Crippen molar-refractivity contribution in [1.82, 2.24) is 9.91 Å². The Morgan fingerprint density at radius 2 is 1.68 bits per heavy atom. The van der Waals surface area contributed by atoms with E-state index >= 15 is 0 Å². The molecule has 1 aliphatic rings. The molecule has 1 aliphatic heterocycles. The fourth-order valence-corrected chi connectivity index (χ4v) is 4.06. The summed E-state index contributed by atoms with van der Waals surface area (Å²) >= 11 is 18.4. The van der Waals surface area contributed by atoms with Gasteiger partial charge >= 0.3 is 0 Å². The van der Waals surface area contributed by atoms with Crippen LogP contribution in [-0.4, -0.2) is 28.1 Å². The average Bonchev–Trinajstić information content (AvgIpc) is 3.06. The standard InChI is InChI=1S/C24H20Cl3N3O/c1-16(18-7-10-20(25)11-8-18)28-30-23(31)15-29(14-17-5-3-2-4-6-17)24(30)19-9-12-21(26)22(27)13-19/h2-13,24H,14-15H2,1H3/b28-16-/t24-/m1/s1. The molecule has 0 radical (unpaired) electrons. The number of rotatable bonds is 5. The van der Waals surface area contributed by atoms with E-state index in [-0.39, 0.29) is 12.5 Å². The summed E-state index contributed by atoms with van der Waals surface area (Å²) in [6.07, 6.45) is -0.398. The van der Waals surface area contributed by atoms with E-state index in [0.717, 1.165) is 22.4 Å². The minimum absolute atomic E-state index is 0.0830. The summed E-state index contributed by atoms with van der Waals surface area (Å²) in [5, 5.41) is 7.79. The van der Waals surface area contributed by atoms with Crippen LogP contribution in [0.5, 0.6) is 0 Å². The molecule has 4 nitrogen and oxygen atoms in total. The van der Waals surface area contributed by atoms with Crippen molar-refractivity contribution in [1.29, 1.82) is 0 Å². The maximum Gasteiger partial charge on any atom is 0.258 e. The van der Waals surface area contributed by atoms with Gasteiger partial charge in [0, 0.05) is 11.6 Å². The van der Waals surface area contributed by atoms with Gasteiger partial charge in [0.2, 0.25) is 0 Å². The summed E-state index contributed by atoms with van der Waals surface area (Å²) < 4.78 is 0. The van der Waals surface area contributed by atoms with Crippen molar-refractivity contribution in [2.45, 2.75) is 19.6 Å². The minimum atomic E-state index is -0.398. The molecular formula is C24H20Cl3N3O. The number of carbonyl (C=O) groups is 1. The Morgan fingerprint density at radius 1 is 0.968 bits per heavy atom. The van der Waals surface area contributed by atoms with Crippen LogP contribution >= 0.6 is 34.8 Å².